The Labute approximate surface area is 232 Å². The molecule has 0 amide bonds. The Balaban J connectivity index is 1.57. The van der Waals surface area contributed by atoms with Crippen LogP contribution in [0, 0.1) is 17.8 Å². The fraction of sp³-hybridized carbons (Fsp3) is 0.621. The summed E-state index contributed by atoms with van der Waals surface area (Å²) in [4.78, 5) is 30.9. The van der Waals surface area contributed by atoms with Crippen molar-refractivity contribution in [2.75, 3.05) is 19.0 Å². The molecule has 0 radical (unpaired) electrons. The van der Waals surface area contributed by atoms with Crippen LogP contribution >= 0.6 is 0 Å². The summed E-state index contributed by atoms with van der Waals surface area (Å²) >= 11 is 0. The summed E-state index contributed by atoms with van der Waals surface area (Å²) in [6.07, 6.45) is 3.43. The monoisotopic (exact) mass is 558 g/mol. The second kappa shape index (κ2) is 11.7. The Bertz CT molecular complexity index is 1340. The van der Waals surface area contributed by atoms with Crippen LogP contribution in [0.15, 0.2) is 18.3 Å². The molecule has 3 aromatic rings. The number of nitrogens with one attached hydrogen (secondary N) is 1. The van der Waals surface area contributed by atoms with Crippen molar-refractivity contribution >= 4 is 23.0 Å². The number of ether oxygens (including phenoxy) is 1. The smallest absolute Gasteiger partial charge is 0.391 e. The first-order valence-electron chi connectivity index (χ1n) is 14.3. The number of esters is 1. The van der Waals surface area contributed by atoms with Crippen LogP contribution in [0.2, 0.25) is 0 Å². The third-order valence-corrected chi connectivity index (χ3v) is 8.47. The number of rotatable bonds is 9. The van der Waals surface area contributed by atoms with E-state index in [0.29, 0.717) is 60.3 Å². The van der Waals surface area contributed by atoms with Crippen LogP contribution in [0.5, 0.6) is 0 Å². The molecule has 40 heavy (non-hydrogen) atoms. The molecular formula is C29H37F3N6O2. The van der Waals surface area contributed by atoms with E-state index in [-0.39, 0.29) is 30.5 Å². The van der Waals surface area contributed by atoms with E-state index in [1.54, 1.807) is 6.20 Å². The van der Waals surface area contributed by atoms with Gasteiger partial charge in [0.05, 0.1) is 13.0 Å². The van der Waals surface area contributed by atoms with Gasteiger partial charge in [-0.2, -0.15) is 13.2 Å². The Kier molecular flexibility index (Phi) is 8.28. The van der Waals surface area contributed by atoms with Crippen LogP contribution in [0.3, 0.4) is 0 Å². The topological polar surface area (TPSA) is 94.8 Å². The van der Waals surface area contributed by atoms with Gasteiger partial charge in [0.25, 0.3) is 0 Å². The second-order valence-electron chi connectivity index (χ2n) is 11.5. The lowest BCUT2D eigenvalue weighted by Gasteiger charge is -2.30. The lowest BCUT2D eigenvalue weighted by molar-refractivity contribution is -0.184. The summed E-state index contributed by atoms with van der Waals surface area (Å²) in [5.41, 5.74) is 2.70. The number of anilines is 1. The molecule has 2 aliphatic carbocycles. The summed E-state index contributed by atoms with van der Waals surface area (Å²) < 4.78 is 46.9. The number of alkyl halides is 3. The molecule has 2 saturated carbocycles. The van der Waals surface area contributed by atoms with Gasteiger partial charge in [0, 0.05) is 19.3 Å². The maximum absolute atomic E-state index is 13.3. The highest BCUT2D eigenvalue weighted by molar-refractivity contribution is 5.92. The van der Waals surface area contributed by atoms with Crippen molar-refractivity contribution in [1.82, 2.24) is 24.5 Å². The normalized spacial score (nSPS) is 20.1. The number of hydrogen-bond acceptors (Lipinski definition) is 7. The highest BCUT2D eigenvalue weighted by Gasteiger charge is 2.41. The first-order valence-corrected chi connectivity index (χ1v) is 14.3. The Morgan fingerprint density at radius 3 is 2.48 bits per heavy atom. The van der Waals surface area contributed by atoms with E-state index in [1.165, 1.54) is 26.4 Å². The summed E-state index contributed by atoms with van der Waals surface area (Å²) in [7, 11) is 1.28. The average molecular weight is 559 g/mol. The molecule has 0 saturated heterocycles. The summed E-state index contributed by atoms with van der Waals surface area (Å²) in [5.74, 6) is 0.0236. The van der Waals surface area contributed by atoms with Gasteiger partial charge in [-0.3, -0.25) is 4.98 Å². The largest absolute Gasteiger partial charge is 0.463 e. The molecule has 0 aliphatic heterocycles. The fourth-order valence-corrected chi connectivity index (χ4v) is 5.75. The van der Waals surface area contributed by atoms with Gasteiger partial charge in [-0.05, 0) is 67.6 Å². The predicted octanol–water partition coefficient (Wildman–Crippen LogP) is 6.77. The maximum Gasteiger partial charge on any atom is 0.391 e. The van der Waals surface area contributed by atoms with Crippen LogP contribution in [-0.2, 0) is 11.3 Å². The van der Waals surface area contributed by atoms with E-state index in [4.69, 9.17) is 9.72 Å². The number of imidazole rings is 1. The summed E-state index contributed by atoms with van der Waals surface area (Å²) in [5, 5.41) is 3.42. The van der Waals surface area contributed by atoms with E-state index in [2.05, 4.69) is 34.1 Å². The minimum atomic E-state index is -4.16. The molecule has 5 rings (SSSR count). The molecule has 0 unspecified atom stereocenters. The van der Waals surface area contributed by atoms with Gasteiger partial charge < -0.3 is 14.6 Å². The highest BCUT2D eigenvalue weighted by Crippen LogP contribution is 2.41. The van der Waals surface area contributed by atoms with Crippen LogP contribution in [-0.4, -0.2) is 50.3 Å². The molecule has 0 atom stereocenters. The number of pyridine rings is 1. The highest BCUT2D eigenvalue weighted by atomic mass is 19.4. The van der Waals surface area contributed by atoms with Crippen molar-refractivity contribution < 1.29 is 22.7 Å². The molecule has 3 aromatic heterocycles. The summed E-state index contributed by atoms with van der Waals surface area (Å²) in [6.45, 7) is 5.33. The first-order chi connectivity index (χ1) is 19.1. The van der Waals surface area contributed by atoms with E-state index in [9.17, 15) is 18.0 Å². The molecule has 2 aliphatic rings. The Morgan fingerprint density at radius 2 is 1.85 bits per heavy atom. The third kappa shape index (κ3) is 6.07. The van der Waals surface area contributed by atoms with Gasteiger partial charge in [-0.1, -0.05) is 33.1 Å². The fourth-order valence-electron chi connectivity index (χ4n) is 5.75. The molecule has 11 heteroatoms. The van der Waals surface area contributed by atoms with E-state index in [1.807, 2.05) is 16.7 Å². The van der Waals surface area contributed by atoms with Crippen molar-refractivity contribution in [2.45, 2.75) is 83.9 Å². The standard InChI is InChI=1S/C29H37F3N6O2/c1-17(2)20-12-14-33-22(15-20)27-37-25-23(38(27)16-19-7-9-21(10-8-19)29(30,31)32)24(34-13-11-18-5-4-6-18)35-26(36-25)28(39)40-3/h12,14-15,17-19,21H,4-11,13,16H2,1-3H3,(H,34,35,36)/t19-,21-. The average Bonchev–Trinajstić information content (AvgIpc) is 3.27. The number of nitrogens with zero attached hydrogens (tertiary/aromatic N) is 5. The van der Waals surface area contributed by atoms with Gasteiger partial charge in [0.15, 0.2) is 17.3 Å². The molecule has 8 nitrogen and oxygen atoms in total. The van der Waals surface area contributed by atoms with E-state index in [0.717, 1.165) is 12.0 Å². The quantitative estimate of drug-likeness (QED) is 0.290. The number of carbonyl (C=O) groups excluding carboxylic acids is 1. The van der Waals surface area contributed by atoms with Gasteiger partial charge in [-0.15, -0.1) is 0 Å². The van der Waals surface area contributed by atoms with Crippen molar-refractivity contribution in [1.29, 1.82) is 0 Å². The number of hydrogen-bond donors (Lipinski definition) is 1. The number of aromatic nitrogens is 5. The lowest BCUT2D eigenvalue weighted by atomic mass is 9.81. The van der Waals surface area contributed by atoms with E-state index >= 15 is 0 Å². The molecule has 3 heterocycles. The van der Waals surface area contributed by atoms with Crippen LogP contribution < -0.4 is 5.32 Å². The molecular weight excluding hydrogens is 521 g/mol. The Morgan fingerprint density at radius 1 is 1.10 bits per heavy atom. The Hall–Kier alpha value is -3.24. The van der Waals surface area contributed by atoms with Crippen molar-refractivity contribution in [3.63, 3.8) is 0 Å². The SMILES string of the molecule is COC(=O)c1nc(NCCC2CCC2)c2c(n1)nc(-c1cc(C(C)C)ccn1)n2C[C@H]1CC[C@H](C(F)(F)F)CC1. The molecule has 0 spiro atoms. The number of carbonyl (C=O) groups is 1. The first kappa shape index (κ1) is 28.3. The van der Waals surface area contributed by atoms with E-state index < -0.39 is 18.1 Å². The zero-order valence-corrected chi connectivity index (χ0v) is 23.3. The lowest BCUT2D eigenvalue weighted by Crippen LogP contribution is -2.29. The van der Waals surface area contributed by atoms with Gasteiger partial charge in [-0.25, -0.2) is 19.7 Å². The second-order valence-corrected chi connectivity index (χ2v) is 11.5. The molecule has 1 N–H and O–H groups in total. The zero-order chi connectivity index (χ0) is 28.4. The molecule has 216 valence electrons. The number of halogens is 3. The van der Waals surface area contributed by atoms with Crippen LogP contribution in [0.1, 0.15) is 87.3 Å². The summed E-state index contributed by atoms with van der Waals surface area (Å²) in [6, 6.07) is 3.95. The minimum Gasteiger partial charge on any atom is -0.463 e. The van der Waals surface area contributed by atoms with Gasteiger partial charge in [0.2, 0.25) is 5.82 Å². The molecule has 2 fully saturated rings. The third-order valence-electron chi connectivity index (χ3n) is 8.47. The minimum absolute atomic E-state index is 0.0335. The number of methoxy groups -OCH3 is 1. The van der Waals surface area contributed by atoms with Crippen molar-refractivity contribution in [2.24, 2.45) is 17.8 Å². The van der Waals surface area contributed by atoms with Gasteiger partial charge >= 0.3 is 12.1 Å². The zero-order valence-electron chi connectivity index (χ0n) is 23.3. The molecule has 0 aromatic carbocycles. The van der Waals surface area contributed by atoms with Gasteiger partial charge in [0.1, 0.15) is 11.2 Å². The van der Waals surface area contributed by atoms with Crippen LogP contribution in [0.25, 0.3) is 22.7 Å². The molecule has 0 bridgehead atoms. The van der Waals surface area contributed by atoms with Crippen LogP contribution in [0.4, 0.5) is 19.0 Å². The predicted molar refractivity (Wildman–Crippen MR) is 146 cm³/mol. The number of fused-ring (bicyclic) bond motifs is 1. The van der Waals surface area contributed by atoms with Crippen molar-refractivity contribution in [3.05, 3.63) is 29.7 Å². The van der Waals surface area contributed by atoms with Crippen molar-refractivity contribution in [3.8, 4) is 11.5 Å². The maximum atomic E-state index is 13.3.